The first kappa shape index (κ1) is 25.4. The fourth-order valence-electron chi connectivity index (χ4n) is 1.34. The molecule has 0 aromatic heterocycles. The number of Topliss-reactive ketones (excluding diaryl/α,β-unsaturated/α-hetero) is 2. The molecule has 0 atom stereocenters. The molecule has 0 amide bonds. The Bertz CT molecular complexity index is 652. The van der Waals surface area contributed by atoms with E-state index < -0.39 is 59.0 Å². The maximum absolute atomic E-state index is 13.2. The Labute approximate surface area is 142 Å². The smallest absolute Gasteiger partial charge is 0.386 e. The van der Waals surface area contributed by atoms with E-state index in [1.165, 1.54) is 0 Å². The molecule has 0 bridgehead atoms. The molecule has 0 aliphatic carbocycles. The standard InChI is InChI=1S/C10H2F12O6/c11-5(12,1(23)3(25)26)7(15,16)9(19,20)10(21,22)8(17,18)6(13,14)2(24)4(27)28/h(H,25,26)(H,27,28). The molecule has 28 heavy (non-hydrogen) atoms. The van der Waals surface area contributed by atoms with E-state index in [1.807, 2.05) is 0 Å². The zero-order valence-electron chi connectivity index (χ0n) is 12.1. The Hall–Kier alpha value is -2.56. The van der Waals surface area contributed by atoms with Gasteiger partial charge in [0.15, 0.2) is 0 Å². The molecule has 0 aromatic rings. The van der Waals surface area contributed by atoms with Gasteiger partial charge < -0.3 is 10.2 Å². The van der Waals surface area contributed by atoms with Gasteiger partial charge in [-0.15, -0.1) is 0 Å². The van der Waals surface area contributed by atoms with Gasteiger partial charge in [-0.2, -0.15) is 52.7 Å². The van der Waals surface area contributed by atoms with Gasteiger partial charge >= 0.3 is 59.0 Å². The summed E-state index contributed by atoms with van der Waals surface area (Å²) in [6.45, 7) is 0. The van der Waals surface area contributed by atoms with Gasteiger partial charge in [0.2, 0.25) is 0 Å². The minimum Gasteiger partial charge on any atom is -0.475 e. The first-order valence-electron chi connectivity index (χ1n) is 5.78. The largest absolute Gasteiger partial charge is 0.475 e. The topological polar surface area (TPSA) is 109 Å². The lowest BCUT2D eigenvalue weighted by Gasteiger charge is -2.39. The zero-order valence-corrected chi connectivity index (χ0v) is 12.1. The Morgan fingerprint density at radius 1 is 0.429 bits per heavy atom. The highest BCUT2D eigenvalue weighted by molar-refractivity contribution is 6.36. The lowest BCUT2D eigenvalue weighted by molar-refractivity contribution is -0.414. The van der Waals surface area contributed by atoms with Gasteiger partial charge in [-0.3, -0.25) is 9.59 Å². The van der Waals surface area contributed by atoms with Crippen LogP contribution in [0.5, 0.6) is 0 Å². The van der Waals surface area contributed by atoms with Crippen molar-refractivity contribution in [3.05, 3.63) is 0 Å². The number of hydrogen-bond donors (Lipinski definition) is 2. The number of carboxylic acids is 2. The van der Waals surface area contributed by atoms with Crippen molar-refractivity contribution < 1.29 is 82.1 Å². The quantitative estimate of drug-likeness (QED) is 0.415. The van der Waals surface area contributed by atoms with E-state index in [4.69, 9.17) is 10.2 Å². The van der Waals surface area contributed by atoms with E-state index >= 15 is 0 Å². The highest BCUT2D eigenvalue weighted by Gasteiger charge is 2.92. The number of halogens is 12. The van der Waals surface area contributed by atoms with Gasteiger partial charge in [0.05, 0.1) is 0 Å². The van der Waals surface area contributed by atoms with Crippen molar-refractivity contribution in [1.82, 2.24) is 0 Å². The van der Waals surface area contributed by atoms with Crippen LogP contribution >= 0.6 is 0 Å². The van der Waals surface area contributed by atoms with Crippen molar-refractivity contribution in [2.45, 2.75) is 35.5 Å². The fourth-order valence-corrected chi connectivity index (χ4v) is 1.34. The lowest BCUT2D eigenvalue weighted by atomic mass is 9.89. The van der Waals surface area contributed by atoms with E-state index in [0.717, 1.165) is 0 Å². The maximum Gasteiger partial charge on any atom is 0.386 e. The number of carboxylic acid groups (broad SMARTS) is 2. The molecule has 0 radical (unpaired) electrons. The molecule has 0 aliphatic heterocycles. The van der Waals surface area contributed by atoms with Crippen LogP contribution < -0.4 is 0 Å². The van der Waals surface area contributed by atoms with E-state index in [2.05, 4.69) is 0 Å². The normalized spacial score (nSPS) is 14.6. The molecular weight excluding hydrogens is 444 g/mol. The third kappa shape index (κ3) is 3.03. The predicted molar refractivity (Wildman–Crippen MR) is 55.0 cm³/mol. The summed E-state index contributed by atoms with van der Waals surface area (Å²) in [5.74, 6) is -63.0. The molecule has 2 N–H and O–H groups in total. The van der Waals surface area contributed by atoms with E-state index in [-0.39, 0.29) is 0 Å². The number of rotatable bonds is 9. The molecule has 0 saturated heterocycles. The third-order valence-electron chi connectivity index (χ3n) is 2.93. The summed E-state index contributed by atoms with van der Waals surface area (Å²) < 4.78 is 157. The monoisotopic (exact) mass is 446 g/mol. The average molecular weight is 446 g/mol. The van der Waals surface area contributed by atoms with Gasteiger partial charge in [0, 0.05) is 0 Å². The van der Waals surface area contributed by atoms with Crippen molar-refractivity contribution in [3.8, 4) is 0 Å². The van der Waals surface area contributed by atoms with E-state index in [1.54, 1.807) is 0 Å². The first-order valence-corrected chi connectivity index (χ1v) is 5.78. The highest BCUT2D eigenvalue weighted by atomic mass is 19.4. The molecular formula is C10H2F12O6. The molecule has 0 aliphatic rings. The highest BCUT2D eigenvalue weighted by Crippen LogP contribution is 2.60. The molecule has 6 nitrogen and oxygen atoms in total. The Morgan fingerprint density at radius 2 is 0.607 bits per heavy atom. The fraction of sp³-hybridized carbons (Fsp3) is 0.600. The van der Waals surface area contributed by atoms with Gasteiger partial charge in [-0.25, -0.2) is 9.59 Å². The molecule has 18 heteroatoms. The van der Waals surface area contributed by atoms with Crippen LogP contribution in [0.3, 0.4) is 0 Å². The average Bonchev–Trinajstić information content (AvgIpc) is 2.51. The number of hydrogen-bond acceptors (Lipinski definition) is 4. The van der Waals surface area contributed by atoms with Crippen molar-refractivity contribution >= 4 is 23.5 Å². The van der Waals surface area contributed by atoms with Crippen molar-refractivity contribution in [3.63, 3.8) is 0 Å². The summed E-state index contributed by atoms with van der Waals surface area (Å²) in [5, 5.41) is 15.6. The summed E-state index contributed by atoms with van der Waals surface area (Å²) in [6, 6.07) is 0. The van der Waals surface area contributed by atoms with Crippen LogP contribution in [0.1, 0.15) is 0 Å². The maximum atomic E-state index is 13.2. The number of alkyl halides is 12. The summed E-state index contributed by atoms with van der Waals surface area (Å²) in [7, 11) is 0. The van der Waals surface area contributed by atoms with Gasteiger partial charge in [-0.1, -0.05) is 0 Å². The molecule has 0 fully saturated rings. The number of carbonyl (C=O) groups excluding carboxylic acids is 2. The van der Waals surface area contributed by atoms with Crippen LogP contribution in [0, 0.1) is 0 Å². The molecule has 0 rings (SSSR count). The second-order valence-electron chi connectivity index (χ2n) is 4.71. The van der Waals surface area contributed by atoms with Crippen LogP contribution in [0.25, 0.3) is 0 Å². The summed E-state index contributed by atoms with van der Waals surface area (Å²) in [5.41, 5.74) is 0. The first-order chi connectivity index (χ1) is 12.0. The molecule has 162 valence electrons. The Balaban J connectivity index is 6.67. The van der Waals surface area contributed by atoms with Gasteiger partial charge in [-0.05, 0) is 0 Å². The second-order valence-corrected chi connectivity index (χ2v) is 4.71. The van der Waals surface area contributed by atoms with E-state index in [9.17, 15) is 71.9 Å². The second kappa shape index (κ2) is 6.50. The third-order valence-corrected chi connectivity index (χ3v) is 2.93. The van der Waals surface area contributed by atoms with Gasteiger partial charge in [0.25, 0.3) is 0 Å². The molecule has 0 unspecified atom stereocenters. The molecule has 0 saturated carbocycles. The van der Waals surface area contributed by atoms with Crippen LogP contribution in [0.2, 0.25) is 0 Å². The van der Waals surface area contributed by atoms with Crippen molar-refractivity contribution in [2.75, 3.05) is 0 Å². The van der Waals surface area contributed by atoms with Crippen LogP contribution in [-0.4, -0.2) is 69.3 Å². The summed E-state index contributed by atoms with van der Waals surface area (Å²) >= 11 is 0. The zero-order chi connectivity index (χ0) is 23.3. The number of carbonyl (C=O) groups is 4. The van der Waals surface area contributed by atoms with E-state index in [0.29, 0.717) is 0 Å². The van der Waals surface area contributed by atoms with Crippen LogP contribution in [0.4, 0.5) is 52.7 Å². The van der Waals surface area contributed by atoms with Crippen LogP contribution in [-0.2, 0) is 19.2 Å². The lowest BCUT2D eigenvalue weighted by Crippen LogP contribution is -2.73. The SMILES string of the molecule is O=C(O)C(=O)C(F)(F)C(F)(F)C(F)(F)C(F)(F)C(F)(F)C(F)(F)C(=O)C(=O)O. The van der Waals surface area contributed by atoms with Crippen molar-refractivity contribution in [1.29, 1.82) is 0 Å². The summed E-state index contributed by atoms with van der Waals surface area (Å²) in [6.07, 6.45) is 0. The van der Waals surface area contributed by atoms with Gasteiger partial charge in [0.1, 0.15) is 0 Å². The Morgan fingerprint density at radius 3 is 0.750 bits per heavy atom. The molecule has 0 aromatic carbocycles. The van der Waals surface area contributed by atoms with Crippen LogP contribution in [0.15, 0.2) is 0 Å². The predicted octanol–water partition coefficient (Wildman–Crippen LogP) is 2.11. The molecule has 0 heterocycles. The minimum absolute atomic E-state index is 3.62. The minimum atomic E-state index is -8.32. The Kier molecular flexibility index (Phi) is 5.91. The van der Waals surface area contributed by atoms with Crippen molar-refractivity contribution in [2.24, 2.45) is 0 Å². The molecule has 0 spiro atoms. The number of ketones is 2. The number of aliphatic carboxylic acids is 2. The summed E-state index contributed by atoms with van der Waals surface area (Å²) in [4.78, 5) is 40.5.